The fourth-order valence-corrected chi connectivity index (χ4v) is 6.52. The van der Waals surface area contributed by atoms with Crippen LogP contribution in [0.3, 0.4) is 0 Å². The van der Waals surface area contributed by atoms with Crippen LogP contribution >= 0.6 is 0 Å². The Kier molecular flexibility index (Phi) is 8.41. The average molecular weight is 573 g/mol. The maximum absolute atomic E-state index is 11.7. The maximum atomic E-state index is 11.7. The number of carbonyl (C=O) groups excluding carboxylic acids is 1. The van der Waals surface area contributed by atoms with Crippen molar-refractivity contribution in [2.75, 3.05) is 26.9 Å². The average Bonchev–Trinajstić information content (AvgIpc) is 3.72. The molecule has 0 saturated carbocycles. The molecule has 42 heavy (non-hydrogen) atoms. The lowest BCUT2D eigenvalue weighted by atomic mass is 9.79. The molecule has 7 rings (SSSR count). The molecular weight excluding hydrogens is 532 g/mol. The van der Waals surface area contributed by atoms with E-state index in [-0.39, 0.29) is 24.3 Å². The number of ether oxygens (including phenoxy) is 6. The number of benzene rings is 3. The number of esters is 1. The number of hydrogen-bond donors (Lipinski definition) is 0. The van der Waals surface area contributed by atoms with E-state index in [1.54, 1.807) is 0 Å². The van der Waals surface area contributed by atoms with Gasteiger partial charge in [0.25, 0.3) is 0 Å². The molecule has 3 aliphatic heterocycles. The van der Waals surface area contributed by atoms with E-state index in [2.05, 4.69) is 37.3 Å². The fourth-order valence-electron chi connectivity index (χ4n) is 6.52. The molecule has 4 atom stereocenters. The first-order chi connectivity index (χ1) is 20.6. The quantitative estimate of drug-likeness (QED) is 0.284. The van der Waals surface area contributed by atoms with E-state index < -0.39 is 0 Å². The van der Waals surface area contributed by atoms with Crippen LogP contribution in [0.25, 0.3) is 11.1 Å². The second kappa shape index (κ2) is 12.4. The van der Waals surface area contributed by atoms with Gasteiger partial charge in [0, 0.05) is 17.5 Å². The number of aryl methyl sites for hydroxylation is 1. The summed E-state index contributed by atoms with van der Waals surface area (Å²) in [6, 6.07) is 16.7. The van der Waals surface area contributed by atoms with E-state index in [1.807, 2.05) is 32.0 Å². The molecule has 7 nitrogen and oxygen atoms in total. The number of methoxy groups -OCH3 is 1. The molecule has 2 saturated heterocycles. The fraction of sp³-hybridized carbons (Fsp3) is 0.457. The minimum Gasteiger partial charge on any atom is -0.492 e. The molecule has 3 heterocycles. The Labute approximate surface area is 248 Å². The van der Waals surface area contributed by atoms with Gasteiger partial charge in [0.1, 0.15) is 30.0 Å². The van der Waals surface area contributed by atoms with Crippen LogP contribution in [-0.4, -0.2) is 45.3 Å². The summed E-state index contributed by atoms with van der Waals surface area (Å²) in [7, 11) is 1.41. The van der Waals surface area contributed by atoms with Crippen molar-refractivity contribution in [1.82, 2.24) is 0 Å². The summed E-state index contributed by atoms with van der Waals surface area (Å²) >= 11 is 0. The molecule has 0 radical (unpaired) electrons. The Hall–Kier alpha value is -3.55. The highest BCUT2D eigenvalue weighted by Crippen LogP contribution is 2.44. The predicted octanol–water partition coefficient (Wildman–Crippen LogP) is 6.55. The smallest absolute Gasteiger partial charge is 0.306 e. The minimum atomic E-state index is -0.227. The van der Waals surface area contributed by atoms with Gasteiger partial charge in [-0.25, -0.2) is 0 Å². The first-order valence-electron chi connectivity index (χ1n) is 15.2. The molecule has 4 aliphatic rings. The van der Waals surface area contributed by atoms with E-state index >= 15 is 0 Å². The van der Waals surface area contributed by atoms with Crippen molar-refractivity contribution in [3.05, 3.63) is 76.3 Å². The van der Waals surface area contributed by atoms with E-state index in [9.17, 15) is 4.79 Å². The Morgan fingerprint density at radius 2 is 1.86 bits per heavy atom. The van der Waals surface area contributed by atoms with Gasteiger partial charge in [-0.05, 0) is 77.8 Å². The van der Waals surface area contributed by atoms with Gasteiger partial charge in [0.15, 0.2) is 6.29 Å². The first kappa shape index (κ1) is 28.6. The third-order valence-electron chi connectivity index (χ3n) is 8.72. The van der Waals surface area contributed by atoms with Gasteiger partial charge in [0.2, 0.25) is 0 Å². The SMILES string of the molecule is CC.COC(=O)CC1COc2cc(OCc3cccc(-c4c(C)cc(OC5COC6OCCC56)c5c4CC5)c3)ccc21. The highest BCUT2D eigenvalue weighted by atomic mass is 16.7. The molecule has 0 amide bonds. The Morgan fingerprint density at radius 1 is 1.00 bits per heavy atom. The number of carbonyl (C=O) groups is 1. The van der Waals surface area contributed by atoms with E-state index in [4.69, 9.17) is 28.4 Å². The second-order valence-corrected chi connectivity index (χ2v) is 11.2. The molecule has 0 N–H and O–H groups in total. The van der Waals surface area contributed by atoms with Crippen molar-refractivity contribution in [1.29, 1.82) is 0 Å². The topological polar surface area (TPSA) is 72.5 Å². The van der Waals surface area contributed by atoms with Crippen LogP contribution in [0.5, 0.6) is 17.2 Å². The van der Waals surface area contributed by atoms with E-state index in [0.29, 0.717) is 32.2 Å². The number of fused-ring (bicyclic) bond motifs is 3. The molecule has 2 fully saturated rings. The second-order valence-electron chi connectivity index (χ2n) is 11.2. The molecule has 222 valence electrons. The lowest BCUT2D eigenvalue weighted by Gasteiger charge is -2.30. The molecule has 3 aromatic carbocycles. The summed E-state index contributed by atoms with van der Waals surface area (Å²) in [6.07, 6.45) is 3.38. The van der Waals surface area contributed by atoms with Gasteiger partial charge in [-0.3, -0.25) is 4.79 Å². The van der Waals surface area contributed by atoms with Crippen LogP contribution in [0, 0.1) is 12.8 Å². The van der Waals surface area contributed by atoms with Crippen LogP contribution in [0.4, 0.5) is 0 Å². The van der Waals surface area contributed by atoms with Crippen LogP contribution in [-0.2, 0) is 38.5 Å². The molecule has 3 aromatic rings. The molecule has 0 bridgehead atoms. The molecule has 1 aliphatic carbocycles. The van der Waals surface area contributed by atoms with Crippen molar-refractivity contribution in [2.45, 2.75) is 71.4 Å². The van der Waals surface area contributed by atoms with Crippen molar-refractivity contribution in [3.8, 4) is 28.4 Å². The summed E-state index contributed by atoms with van der Waals surface area (Å²) in [6.45, 7) is 8.45. The standard InChI is InChI=1S/C33H34O7.C2H6/c1-19-12-29(40-30-18-39-33-27(30)10-11-36-33)25-8-9-26(25)32(19)21-5-3-4-20(13-21)16-37-23-6-7-24-22(14-31(34)35-2)17-38-28(24)15-23;1-2/h3-7,12-13,15,22,27,30,33H,8-11,14,16-18H2,1-2H3;1-2H3. The van der Waals surface area contributed by atoms with Gasteiger partial charge in [-0.1, -0.05) is 38.1 Å². The van der Waals surface area contributed by atoms with Crippen molar-refractivity contribution >= 4 is 5.97 Å². The third kappa shape index (κ3) is 5.48. The van der Waals surface area contributed by atoms with Gasteiger partial charge in [-0.15, -0.1) is 0 Å². The zero-order valence-electron chi connectivity index (χ0n) is 24.9. The summed E-state index contributed by atoms with van der Waals surface area (Å²) in [5.74, 6) is 2.65. The van der Waals surface area contributed by atoms with Crippen LogP contribution in [0.15, 0.2) is 48.5 Å². The molecule has 4 unspecified atom stereocenters. The zero-order chi connectivity index (χ0) is 29.2. The first-order valence-corrected chi connectivity index (χ1v) is 15.2. The highest BCUT2D eigenvalue weighted by Gasteiger charge is 2.43. The van der Waals surface area contributed by atoms with Gasteiger partial charge < -0.3 is 28.4 Å². The number of rotatable bonds is 8. The number of hydrogen-bond acceptors (Lipinski definition) is 7. The molecule has 0 spiro atoms. The highest BCUT2D eigenvalue weighted by molar-refractivity contribution is 5.76. The van der Waals surface area contributed by atoms with Gasteiger partial charge in [0.05, 0.1) is 39.3 Å². The molecular formula is C35H40O7. The maximum Gasteiger partial charge on any atom is 0.306 e. The predicted molar refractivity (Wildman–Crippen MR) is 159 cm³/mol. The minimum absolute atomic E-state index is 0.0194. The summed E-state index contributed by atoms with van der Waals surface area (Å²) < 4.78 is 34.8. The monoisotopic (exact) mass is 572 g/mol. The lowest BCUT2D eigenvalue weighted by molar-refractivity contribution is -0.141. The summed E-state index contributed by atoms with van der Waals surface area (Å²) in [5, 5.41) is 0. The van der Waals surface area contributed by atoms with Crippen molar-refractivity contribution in [3.63, 3.8) is 0 Å². The van der Waals surface area contributed by atoms with Crippen LogP contribution in [0.1, 0.15) is 60.4 Å². The van der Waals surface area contributed by atoms with Crippen LogP contribution < -0.4 is 14.2 Å². The Morgan fingerprint density at radius 3 is 2.67 bits per heavy atom. The summed E-state index contributed by atoms with van der Waals surface area (Å²) in [4.78, 5) is 11.7. The molecule has 7 heteroatoms. The Balaban J connectivity index is 0.00000155. The zero-order valence-corrected chi connectivity index (χ0v) is 24.9. The van der Waals surface area contributed by atoms with Gasteiger partial charge in [-0.2, -0.15) is 0 Å². The van der Waals surface area contributed by atoms with E-state index in [1.165, 1.54) is 34.9 Å². The largest absolute Gasteiger partial charge is 0.492 e. The van der Waals surface area contributed by atoms with Crippen molar-refractivity contribution < 1.29 is 33.2 Å². The van der Waals surface area contributed by atoms with Crippen LogP contribution in [0.2, 0.25) is 0 Å². The normalized spacial score (nSPS) is 23.0. The lowest BCUT2D eigenvalue weighted by Crippen LogP contribution is -2.27. The van der Waals surface area contributed by atoms with Crippen molar-refractivity contribution in [2.24, 2.45) is 5.92 Å². The molecule has 0 aromatic heterocycles. The summed E-state index contributed by atoms with van der Waals surface area (Å²) in [5.41, 5.74) is 8.59. The van der Waals surface area contributed by atoms with Gasteiger partial charge >= 0.3 is 5.97 Å². The Bertz CT molecular complexity index is 1450. The van der Waals surface area contributed by atoms with E-state index in [0.717, 1.165) is 54.2 Å². The third-order valence-corrected chi connectivity index (χ3v) is 8.72.